The Morgan fingerprint density at radius 3 is 2.89 bits per heavy atom. The molecule has 0 aromatic rings. The molecule has 0 aromatic carbocycles. The molecule has 0 aliphatic heterocycles. The Morgan fingerprint density at radius 1 is 1.78 bits per heavy atom. The fourth-order valence-electron chi connectivity index (χ4n) is 0.345. The average Bonchev–Trinajstić information content (AvgIpc) is 1.89. The highest BCUT2D eigenvalue weighted by atomic mass is 32.2. The number of thioether (sulfide) groups is 1. The zero-order chi connectivity index (χ0) is 7.11. The molecule has 0 heterocycles. The molecule has 0 aromatic heterocycles. The fraction of sp³-hybridized carbons (Fsp3) is 0.833. The topological polar surface area (TPSA) is 33.0 Å². The molecular formula is C6H11NOS. The minimum atomic E-state index is 0.0974. The maximum atomic E-state index is 8.32. The number of nitrogens with zero attached hydrogens (tertiary/aromatic N) is 1. The fourth-order valence-corrected chi connectivity index (χ4v) is 1.04. The largest absolute Gasteiger partial charge is 0.384 e. The van der Waals surface area contributed by atoms with Crippen LogP contribution >= 0.6 is 11.8 Å². The van der Waals surface area contributed by atoms with Crippen molar-refractivity contribution in [2.24, 2.45) is 0 Å². The minimum Gasteiger partial charge on any atom is -0.384 e. The molecule has 0 saturated heterocycles. The second-order valence-corrected chi connectivity index (χ2v) is 3.08. The monoisotopic (exact) mass is 145 g/mol. The zero-order valence-corrected chi connectivity index (χ0v) is 6.57. The van der Waals surface area contributed by atoms with Crippen LogP contribution in [-0.2, 0) is 4.74 Å². The van der Waals surface area contributed by atoms with Gasteiger partial charge in [0.2, 0.25) is 0 Å². The van der Waals surface area contributed by atoms with Crippen LogP contribution in [0.15, 0.2) is 0 Å². The number of rotatable bonds is 4. The summed E-state index contributed by atoms with van der Waals surface area (Å²) in [6.45, 7) is 2.62. The van der Waals surface area contributed by atoms with Gasteiger partial charge < -0.3 is 4.74 Å². The second kappa shape index (κ2) is 5.93. The summed E-state index contributed by atoms with van der Waals surface area (Å²) in [4.78, 5) is 0. The Balaban J connectivity index is 2.99. The van der Waals surface area contributed by atoms with Crippen molar-refractivity contribution in [2.45, 2.75) is 12.2 Å². The summed E-state index contributed by atoms with van der Waals surface area (Å²) in [5, 5.41) is 8.42. The van der Waals surface area contributed by atoms with Crippen molar-refractivity contribution in [2.75, 3.05) is 19.5 Å². The van der Waals surface area contributed by atoms with Gasteiger partial charge in [0.25, 0.3) is 0 Å². The van der Waals surface area contributed by atoms with E-state index in [9.17, 15) is 0 Å². The molecule has 0 spiro atoms. The third kappa shape index (κ3) is 5.67. The summed E-state index contributed by atoms with van der Waals surface area (Å²) < 4.78 is 4.81. The van der Waals surface area contributed by atoms with Crippen molar-refractivity contribution in [3.8, 4) is 6.07 Å². The lowest BCUT2D eigenvalue weighted by atomic mass is 10.5. The number of hydrogen-bond donors (Lipinski definition) is 0. The van der Waals surface area contributed by atoms with Gasteiger partial charge in [-0.05, 0) is 6.92 Å². The maximum Gasteiger partial charge on any atom is 0.0889 e. The maximum absolute atomic E-state index is 8.32. The van der Waals surface area contributed by atoms with E-state index >= 15 is 0 Å². The molecular weight excluding hydrogens is 134 g/mol. The highest BCUT2D eigenvalue weighted by Gasteiger charge is 1.96. The van der Waals surface area contributed by atoms with Gasteiger partial charge in [0, 0.05) is 12.9 Å². The Bertz CT molecular complexity index is 99.7. The SMILES string of the molecule is COCCSC(C)C#N. The van der Waals surface area contributed by atoms with E-state index in [2.05, 4.69) is 6.07 Å². The van der Waals surface area contributed by atoms with Crippen LogP contribution in [0.2, 0.25) is 0 Å². The van der Waals surface area contributed by atoms with Crippen molar-refractivity contribution in [1.29, 1.82) is 5.26 Å². The lowest BCUT2D eigenvalue weighted by Crippen LogP contribution is -1.97. The predicted molar refractivity (Wildman–Crippen MR) is 39.4 cm³/mol. The van der Waals surface area contributed by atoms with Crippen LogP contribution < -0.4 is 0 Å². The molecule has 0 N–H and O–H groups in total. The first-order valence-corrected chi connectivity index (χ1v) is 3.86. The standard InChI is InChI=1S/C6H11NOS/c1-6(5-7)9-4-3-8-2/h6H,3-4H2,1-2H3. The molecule has 1 unspecified atom stereocenters. The van der Waals surface area contributed by atoms with Gasteiger partial charge in [-0.2, -0.15) is 5.26 Å². The molecule has 0 aliphatic rings. The predicted octanol–water partition coefficient (Wildman–Crippen LogP) is 1.28. The van der Waals surface area contributed by atoms with Crippen LogP contribution in [0.5, 0.6) is 0 Å². The van der Waals surface area contributed by atoms with Crippen LogP contribution in [0.4, 0.5) is 0 Å². The number of ether oxygens (including phenoxy) is 1. The summed E-state index contributed by atoms with van der Waals surface area (Å²) in [7, 11) is 1.66. The molecule has 9 heavy (non-hydrogen) atoms. The average molecular weight is 145 g/mol. The summed E-state index contributed by atoms with van der Waals surface area (Å²) in [5.74, 6) is 0.908. The van der Waals surface area contributed by atoms with Crippen LogP contribution in [0, 0.1) is 11.3 Å². The van der Waals surface area contributed by atoms with Crippen LogP contribution in [0.25, 0.3) is 0 Å². The Kier molecular flexibility index (Phi) is 5.80. The third-order valence-electron chi connectivity index (χ3n) is 0.837. The molecule has 2 nitrogen and oxygen atoms in total. The lowest BCUT2D eigenvalue weighted by Gasteiger charge is -1.99. The first-order chi connectivity index (χ1) is 4.31. The van der Waals surface area contributed by atoms with Crippen LogP contribution in [0.3, 0.4) is 0 Å². The summed E-state index contributed by atoms with van der Waals surface area (Å²) >= 11 is 1.61. The van der Waals surface area contributed by atoms with Gasteiger partial charge in [0.1, 0.15) is 0 Å². The summed E-state index contributed by atoms with van der Waals surface area (Å²) in [6.07, 6.45) is 0. The van der Waals surface area contributed by atoms with Gasteiger partial charge >= 0.3 is 0 Å². The molecule has 3 heteroatoms. The van der Waals surface area contributed by atoms with Gasteiger partial charge in [-0.25, -0.2) is 0 Å². The summed E-state index contributed by atoms with van der Waals surface area (Å²) in [6, 6.07) is 2.13. The minimum absolute atomic E-state index is 0.0974. The second-order valence-electron chi connectivity index (χ2n) is 1.63. The zero-order valence-electron chi connectivity index (χ0n) is 5.76. The molecule has 52 valence electrons. The third-order valence-corrected chi connectivity index (χ3v) is 1.84. The first kappa shape index (κ1) is 8.80. The molecule has 0 rings (SSSR count). The van der Waals surface area contributed by atoms with E-state index in [1.54, 1.807) is 18.9 Å². The first-order valence-electron chi connectivity index (χ1n) is 2.81. The van der Waals surface area contributed by atoms with Gasteiger partial charge in [0.15, 0.2) is 0 Å². The number of hydrogen-bond acceptors (Lipinski definition) is 3. The molecule has 0 fully saturated rings. The molecule has 0 aliphatic carbocycles. The van der Waals surface area contributed by atoms with Crippen molar-refractivity contribution < 1.29 is 4.74 Å². The molecule has 0 bridgehead atoms. The van der Waals surface area contributed by atoms with E-state index in [0.29, 0.717) is 0 Å². The van der Waals surface area contributed by atoms with Crippen molar-refractivity contribution in [3.63, 3.8) is 0 Å². The normalized spacial score (nSPS) is 12.6. The quantitative estimate of drug-likeness (QED) is 0.559. The molecule has 0 amide bonds. The number of nitriles is 1. The van der Waals surface area contributed by atoms with Crippen molar-refractivity contribution >= 4 is 11.8 Å². The van der Waals surface area contributed by atoms with Gasteiger partial charge in [-0.15, -0.1) is 11.8 Å². The molecule has 1 atom stereocenters. The highest BCUT2D eigenvalue weighted by Crippen LogP contribution is 2.07. The van der Waals surface area contributed by atoms with Gasteiger partial charge in [-0.3, -0.25) is 0 Å². The van der Waals surface area contributed by atoms with Crippen LogP contribution in [-0.4, -0.2) is 24.7 Å². The van der Waals surface area contributed by atoms with Gasteiger partial charge in [0.05, 0.1) is 17.9 Å². The van der Waals surface area contributed by atoms with Crippen molar-refractivity contribution in [1.82, 2.24) is 0 Å². The Labute approximate surface area is 60.2 Å². The van der Waals surface area contributed by atoms with E-state index in [-0.39, 0.29) is 5.25 Å². The highest BCUT2D eigenvalue weighted by molar-refractivity contribution is 8.00. The van der Waals surface area contributed by atoms with Crippen LogP contribution in [0.1, 0.15) is 6.92 Å². The van der Waals surface area contributed by atoms with E-state index in [1.807, 2.05) is 6.92 Å². The molecule has 0 saturated carbocycles. The molecule has 0 radical (unpaired) electrons. The Morgan fingerprint density at radius 2 is 2.44 bits per heavy atom. The summed E-state index contributed by atoms with van der Waals surface area (Å²) in [5.41, 5.74) is 0. The smallest absolute Gasteiger partial charge is 0.0889 e. The van der Waals surface area contributed by atoms with E-state index < -0.39 is 0 Å². The van der Waals surface area contributed by atoms with Crippen molar-refractivity contribution in [3.05, 3.63) is 0 Å². The Hall–Kier alpha value is -0.200. The van der Waals surface area contributed by atoms with E-state index in [0.717, 1.165) is 12.4 Å². The van der Waals surface area contributed by atoms with E-state index in [1.165, 1.54) is 0 Å². The van der Waals surface area contributed by atoms with E-state index in [4.69, 9.17) is 10.00 Å². The number of methoxy groups -OCH3 is 1. The van der Waals surface area contributed by atoms with Gasteiger partial charge in [-0.1, -0.05) is 0 Å². The lowest BCUT2D eigenvalue weighted by molar-refractivity contribution is 0.218.